The van der Waals surface area contributed by atoms with Gasteiger partial charge in [-0.15, -0.1) is 6.58 Å². The average molecular weight is 204 g/mol. The minimum atomic E-state index is 0.436. The van der Waals surface area contributed by atoms with Crippen LogP contribution in [0.3, 0.4) is 0 Å². The molecule has 15 heavy (non-hydrogen) atoms. The summed E-state index contributed by atoms with van der Waals surface area (Å²) in [7, 11) is 0. The second kappa shape index (κ2) is 7.18. The number of allylic oxidation sites excluding steroid dienone is 1. The number of rotatable bonds is 7. The van der Waals surface area contributed by atoms with Crippen LogP contribution in [0, 0.1) is 0 Å². The first-order chi connectivity index (χ1) is 7.38. The lowest BCUT2D eigenvalue weighted by atomic mass is 10.0. The van der Waals surface area contributed by atoms with Gasteiger partial charge in [0, 0.05) is 18.4 Å². The summed E-state index contributed by atoms with van der Waals surface area (Å²) in [6.45, 7) is 7.01. The summed E-state index contributed by atoms with van der Waals surface area (Å²) in [4.78, 5) is 4.04. The third-order valence-electron chi connectivity index (χ3n) is 2.41. The maximum Gasteiger partial charge on any atom is 0.0324 e. The van der Waals surface area contributed by atoms with Crippen molar-refractivity contribution in [1.29, 1.82) is 0 Å². The van der Waals surface area contributed by atoms with Gasteiger partial charge < -0.3 is 5.32 Å². The Kier molecular flexibility index (Phi) is 5.71. The van der Waals surface area contributed by atoms with E-state index in [1.807, 2.05) is 18.5 Å². The van der Waals surface area contributed by atoms with Crippen molar-refractivity contribution in [3.63, 3.8) is 0 Å². The van der Waals surface area contributed by atoms with Crippen molar-refractivity contribution in [1.82, 2.24) is 10.3 Å². The Labute approximate surface area is 92.4 Å². The Hall–Kier alpha value is -1.15. The van der Waals surface area contributed by atoms with Crippen LogP contribution in [-0.4, -0.2) is 11.5 Å². The van der Waals surface area contributed by atoms with Gasteiger partial charge in [0.25, 0.3) is 0 Å². The number of nitrogens with one attached hydrogen (secondary N) is 1. The highest BCUT2D eigenvalue weighted by molar-refractivity contribution is 5.15. The maximum atomic E-state index is 4.04. The first-order valence-corrected chi connectivity index (χ1v) is 5.62. The Morgan fingerprint density at radius 2 is 2.20 bits per heavy atom. The topological polar surface area (TPSA) is 24.9 Å². The molecule has 1 rings (SSSR count). The SMILES string of the molecule is C=CCCC(NCCC)c1ccncc1. The molecule has 1 unspecified atom stereocenters. The van der Waals surface area contributed by atoms with E-state index in [9.17, 15) is 0 Å². The van der Waals surface area contributed by atoms with Crippen LogP contribution < -0.4 is 5.32 Å². The molecule has 1 N–H and O–H groups in total. The van der Waals surface area contributed by atoms with Gasteiger partial charge in [0.15, 0.2) is 0 Å². The summed E-state index contributed by atoms with van der Waals surface area (Å²) in [5.74, 6) is 0. The predicted molar refractivity (Wildman–Crippen MR) is 64.7 cm³/mol. The third kappa shape index (κ3) is 4.26. The molecule has 0 fully saturated rings. The molecule has 0 aliphatic carbocycles. The van der Waals surface area contributed by atoms with E-state index in [2.05, 4.69) is 35.9 Å². The minimum Gasteiger partial charge on any atom is -0.310 e. The summed E-state index contributed by atoms with van der Waals surface area (Å²) < 4.78 is 0. The Morgan fingerprint density at radius 3 is 2.80 bits per heavy atom. The van der Waals surface area contributed by atoms with Crippen LogP contribution in [-0.2, 0) is 0 Å². The minimum absolute atomic E-state index is 0.436. The van der Waals surface area contributed by atoms with Crippen LogP contribution in [0.4, 0.5) is 0 Å². The van der Waals surface area contributed by atoms with E-state index >= 15 is 0 Å². The van der Waals surface area contributed by atoms with E-state index in [0.717, 1.165) is 25.8 Å². The molecule has 0 amide bonds. The van der Waals surface area contributed by atoms with Crippen molar-refractivity contribution in [3.8, 4) is 0 Å². The number of nitrogens with zero attached hydrogens (tertiary/aromatic N) is 1. The highest BCUT2D eigenvalue weighted by Crippen LogP contribution is 2.17. The summed E-state index contributed by atoms with van der Waals surface area (Å²) in [5, 5.41) is 3.54. The Morgan fingerprint density at radius 1 is 1.47 bits per heavy atom. The van der Waals surface area contributed by atoms with Gasteiger partial charge in [-0.3, -0.25) is 4.98 Å². The zero-order valence-electron chi connectivity index (χ0n) is 9.45. The predicted octanol–water partition coefficient (Wildman–Crippen LogP) is 3.09. The molecule has 0 aliphatic rings. The molecule has 2 heteroatoms. The molecule has 1 aromatic heterocycles. The second-order valence-corrected chi connectivity index (χ2v) is 3.65. The molecule has 0 radical (unpaired) electrons. The quantitative estimate of drug-likeness (QED) is 0.690. The third-order valence-corrected chi connectivity index (χ3v) is 2.41. The van der Waals surface area contributed by atoms with Crippen molar-refractivity contribution in [2.24, 2.45) is 0 Å². The van der Waals surface area contributed by atoms with Crippen LogP contribution in [0.5, 0.6) is 0 Å². The van der Waals surface area contributed by atoms with Crippen molar-refractivity contribution in [2.75, 3.05) is 6.54 Å². The van der Waals surface area contributed by atoms with Gasteiger partial charge in [-0.2, -0.15) is 0 Å². The zero-order valence-corrected chi connectivity index (χ0v) is 9.45. The van der Waals surface area contributed by atoms with Crippen molar-refractivity contribution in [2.45, 2.75) is 32.2 Å². The molecule has 0 spiro atoms. The van der Waals surface area contributed by atoms with E-state index in [-0.39, 0.29) is 0 Å². The number of aromatic nitrogens is 1. The van der Waals surface area contributed by atoms with Crippen LogP contribution in [0.25, 0.3) is 0 Å². The summed E-state index contributed by atoms with van der Waals surface area (Å²) in [6, 6.07) is 4.60. The maximum absolute atomic E-state index is 4.04. The van der Waals surface area contributed by atoms with E-state index in [0.29, 0.717) is 6.04 Å². The number of pyridine rings is 1. The molecule has 82 valence electrons. The molecular formula is C13H20N2. The molecule has 0 saturated carbocycles. The van der Waals surface area contributed by atoms with Gasteiger partial charge >= 0.3 is 0 Å². The van der Waals surface area contributed by atoms with Crippen LogP contribution in [0.15, 0.2) is 37.2 Å². The fourth-order valence-electron chi connectivity index (χ4n) is 1.59. The molecule has 1 heterocycles. The number of hydrogen-bond acceptors (Lipinski definition) is 2. The van der Waals surface area contributed by atoms with Gasteiger partial charge in [-0.25, -0.2) is 0 Å². The van der Waals surface area contributed by atoms with Crippen LogP contribution in [0.2, 0.25) is 0 Å². The lowest BCUT2D eigenvalue weighted by Crippen LogP contribution is -2.21. The molecular weight excluding hydrogens is 184 g/mol. The molecule has 1 aromatic rings. The Bertz CT molecular complexity index is 269. The molecule has 1 atom stereocenters. The molecule has 0 aromatic carbocycles. The largest absolute Gasteiger partial charge is 0.310 e. The summed E-state index contributed by atoms with van der Waals surface area (Å²) in [6.07, 6.45) is 8.99. The van der Waals surface area contributed by atoms with Crippen LogP contribution >= 0.6 is 0 Å². The highest BCUT2D eigenvalue weighted by Gasteiger charge is 2.08. The van der Waals surface area contributed by atoms with Gasteiger partial charge in [-0.05, 0) is 43.5 Å². The summed E-state index contributed by atoms with van der Waals surface area (Å²) in [5.41, 5.74) is 1.32. The second-order valence-electron chi connectivity index (χ2n) is 3.65. The molecule has 0 bridgehead atoms. The van der Waals surface area contributed by atoms with Crippen molar-refractivity contribution < 1.29 is 0 Å². The molecule has 0 saturated heterocycles. The fraction of sp³-hybridized carbons (Fsp3) is 0.462. The standard InChI is InChI=1S/C13H20N2/c1-3-5-6-13(15-9-4-2)12-7-10-14-11-8-12/h3,7-8,10-11,13,15H,1,4-6,9H2,2H3. The molecule has 2 nitrogen and oxygen atoms in total. The normalized spacial score (nSPS) is 12.3. The van der Waals surface area contributed by atoms with E-state index in [1.54, 1.807) is 0 Å². The first-order valence-electron chi connectivity index (χ1n) is 5.62. The van der Waals surface area contributed by atoms with Crippen molar-refractivity contribution in [3.05, 3.63) is 42.7 Å². The van der Waals surface area contributed by atoms with Crippen molar-refractivity contribution >= 4 is 0 Å². The van der Waals surface area contributed by atoms with Gasteiger partial charge in [0.2, 0.25) is 0 Å². The zero-order chi connectivity index (χ0) is 10.9. The van der Waals surface area contributed by atoms with Gasteiger partial charge in [-0.1, -0.05) is 13.0 Å². The monoisotopic (exact) mass is 204 g/mol. The van der Waals surface area contributed by atoms with Gasteiger partial charge in [0.05, 0.1) is 0 Å². The van der Waals surface area contributed by atoms with E-state index in [4.69, 9.17) is 0 Å². The van der Waals surface area contributed by atoms with Gasteiger partial charge in [0.1, 0.15) is 0 Å². The average Bonchev–Trinajstić information content (AvgIpc) is 2.30. The fourth-order valence-corrected chi connectivity index (χ4v) is 1.59. The highest BCUT2D eigenvalue weighted by atomic mass is 14.9. The van der Waals surface area contributed by atoms with E-state index < -0.39 is 0 Å². The Balaban J connectivity index is 2.58. The lowest BCUT2D eigenvalue weighted by molar-refractivity contribution is 0.503. The smallest absolute Gasteiger partial charge is 0.0324 e. The first kappa shape index (κ1) is 11.9. The lowest BCUT2D eigenvalue weighted by Gasteiger charge is -2.17. The summed E-state index contributed by atoms with van der Waals surface area (Å²) >= 11 is 0. The number of hydrogen-bond donors (Lipinski definition) is 1. The van der Waals surface area contributed by atoms with E-state index in [1.165, 1.54) is 5.56 Å². The molecule has 0 aliphatic heterocycles. The van der Waals surface area contributed by atoms with Crippen LogP contribution in [0.1, 0.15) is 37.8 Å².